The van der Waals surface area contributed by atoms with E-state index in [1.165, 1.54) is 11.1 Å². The van der Waals surface area contributed by atoms with Crippen LogP contribution < -0.4 is 10.1 Å². The minimum atomic E-state index is -0.0621. The first-order valence-electron chi connectivity index (χ1n) is 8.65. The first kappa shape index (κ1) is 16.6. The topological polar surface area (TPSA) is 38.3 Å². The lowest BCUT2D eigenvalue weighted by atomic mass is 10.0. The van der Waals surface area contributed by atoms with Gasteiger partial charge in [0.25, 0.3) is 5.91 Å². The van der Waals surface area contributed by atoms with Gasteiger partial charge in [0.2, 0.25) is 0 Å². The number of fused-ring (bicyclic) bond motifs is 1. The molecule has 0 aromatic heterocycles. The molecule has 0 unspecified atom stereocenters. The molecular formula is C21H25NO2. The Morgan fingerprint density at radius 2 is 2.04 bits per heavy atom. The van der Waals surface area contributed by atoms with Crippen molar-refractivity contribution in [3.63, 3.8) is 0 Å². The largest absolute Gasteiger partial charge is 0.483 e. The van der Waals surface area contributed by atoms with Crippen molar-refractivity contribution in [2.24, 2.45) is 0 Å². The first-order valence-corrected chi connectivity index (χ1v) is 8.65. The second-order valence-corrected chi connectivity index (χ2v) is 6.84. The van der Waals surface area contributed by atoms with Crippen LogP contribution in [-0.2, 0) is 11.2 Å². The van der Waals surface area contributed by atoms with Gasteiger partial charge in [-0.25, -0.2) is 0 Å². The quantitative estimate of drug-likeness (QED) is 0.891. The highest BCUT2D eigenvalue weighted by molar-refractivity contribution is 5.78. The van der Waals surface area contributed by atoms with E-state index in [1.807, 2.05) is 19.1 Å². The number of amides is 1. The molecule has 2 aromatic carbocycles. The Bertz CT molecular complexity index is 736. The second kappa shape index (κ2) is 7.08. The molecule has 1 N–H and O–H groups in total. The molecule has 0 saturated carbocycles. The summed E-state index contributed by atoms with van der Waals surface area (Å²) >= 11 is 0. The van der Waals surface area contributed by atoms with Crippen LogP contribution in [0.25, 0.3) is 0 Å². The Morgan fingerprint density at radius 3 is 2.83 bits per heavy atom. The SMILES string of the molecule is Cc1ccc(C(C)C)c(OCC(=O)N[C@@H]2CCc3ccccc32)c1. The molecule has 2 aromatic rings. The molecule has 3 rings (SSSR count). The maximum absolute atomic E-state index is 12.3. The zero-order valence-corrected chi connectivity index (χ0v) is 14.6. The third-order valence-corrected chi connectivity index (χ3v) is 4.62. The Labute approximate surface area is 144 Å². The average Bonchev–Trinajstić information content (AvgIpc) is 2.96. The van der Waals surface area contributed by atoms with Crippen LogP contribution in [0, 0.1) is 6.92 Å². The van der Waals surface area contributed by atoms with Crippen LogP contribution >= 0.6 is 0 Å². The monoisotopic (exact) mass is 323 g/mol. The van der Waals surface area contributed by atoms with Gasteiger partial charge in [-0.1, -0.05) is 50.2 Å². The molecule has 3 heteroatoms. The minimum Gasteiger partial charge on any atom is -0.483 e. The third kappa shape index (κ3) is 3.61. The molecular weight excluding hydrogens is 298 g/mol. The van der Waals surface area contributed by atoms with Crippen LogP contribution in [0.1, 0.15) is 54.5 Å². The number of ether oxygens (including phenoxy) is 1. The number of rotatable bonds is 5. The van der Waals surface area contributed by atoms with Crippen LogP contribution in [0.4, 0.5) is 0 Å². The van der Waals surface area contributed by atoms with E-state index in [2.05, 4.69) is 49.5 Å². The highest BCUT2D eigenvalue weighted by atomic mass is 16.5. The molecule has 3 nitrogen and oxygen atoms in total. The number of benzene rings is 2. The number of aryl methyl sites for hydroxylation is 2. The molecule has 0 spiro atoms. The van der Waals surface area contributed by atoms with Gasteiger partial charge in [0.1, 0.15) is 5.75 Å². The fourth-order valence-corrected chi connectivity index (χ4v) is 3.33. The smallest absolute Gasteiger partial charge is 0.258 e. The molecule has 1 aliphatic rings. The highest BCUT2D eigenvalue weighted by Gasteiger charge is 2.23. The lowest BCUT2D eigenvalue weighted by Crippen LogP contribution is -2.31. The van der Waals surface area contributed by atoms with E-state index in [1.54, 1.807) is 0 Å². The lowest BCUT2D eigenvalue weighted by molar-refractivity contribution is -0.123. The minimum absolute atomic E-state index is 0.0574. The van der Waals surface area contributed by atoms with E-state index in [4.69, 9.17) is 4.74 Å². The molecule has 0 bridgehead atoms. The van der Waals surface area contributed by atoms with E-state index in [0.717, 1.165) is 29.7 Å². The third-order valence-electron chi connectivity index (χ3n) is 4.62. The van der Waals surface area contributed by atoms with Crippen LogP contribution in [0.5, 0.6) is 5.75 Å². The maximum atomic E-state index is 12.3. The number of nitrogens with one attached hydrogen (secondary N) is 1. The van der Waals surface area contributed by atoms with Crippen molar-refractivity contribution in [1.82, 2.24) is 5.32 Å². The summed E-state index contributed by atoms with van der Waals surface area (Å²) in [5.74, 6) is 1.12. The van der Waals surface area contributed by atoms with Crippen LogP contribution in [0.15, 0.2) is 42.5 Å². The van der Waals surface area contributed by atoms with E-state index >= 15 is 0 Å². The van der Waals surface area contributed by atoms with E-state index < -0.39 is 0 Å². The Balaban J connectivity index is 1.62. The zero-order chi connectivity index (χ0) is 17.1. The standard InChI is InChI=1S/C21H25NO2/c1-14(2)17-10-8-15(3)12-20(17)24-13-21(23)22-19-11-9-16-6-4-5-7-18(16)19/h4-8,10,12,14,19H,9,11,13H2,1-3H3,(H,22,23)/t19-/m1/s1. The fraction of sp³-hybridized carbons (Fsp3) is 0.381. The van der Waals surface area contributed by atoms with Crippen molar-refractivity contribution in [1.29, 1.82) is 0 Å². The summed E-state index contributed by atoms with van der Waals surface area (Å²) in [7, 11) is 0. The van der Waals surface area contributed by atoms with Crippen molar-refractivity contribution < 1.29 is 9.53 Å². The van der Waals surface area contributed by atoms with Crippen molar-refractivity contribution >= 4 is 5.91 Å². The van der Waals surface area contributed by atoms with Crippen LogP contribution in [0.2, 0.25) is 0 Å². The molecule has 0 fully saturated rings. The summed E-state index contributed by atoms with van der Waals surface area (Å²) in [6.45, 7) is 6.36. The van der Waals surface area contributed by atoms with Crippen molar-refractivity contribution in [3.8, 4) is 5.75 Å². The molecule has 1 aliphatic carbocycles. The molecule has 0 radical (unpaired) electrons. The average molecular weight is 323 g/mol. The van der Waals surface area contributed by atoms with Gasteiger partial charge in [0.15, 0.2) is 6.61 Å². The van der Waals surface area contributed by atoms with Gasteiger partial charge in [-0.05, 0) is 54.0 Å². The van der Waals surface area contributed by atoms with Gasteiger partial charge < -0.3 is 10.1 Å². The molecule has 1 amide bonds. The number of carbonyl (C=O) groups excluding carboxylic acids is 1. The highest BCUT2D eigenvalue weighted by Crippen LogP contribution is 2.31. The predicted molar refractivity (Wildman–Crippen MR) is 96.4 cm³/mol. The number of carbonyl (C=O) groups is 1. The van der Waals surface area contributed by atoms with Crippen molar-refractivity contribution in [2.75, 3.05) is 6.61 Å². The van der Waals surface area contributed by atoms with Gasteiger partial charge in [-0.3, -0.25) is 4.79 Å². The maximum Gasteiger partial charge on any atom is 0.258 e. The zero-order valence-electron chi connectivity index (χ0n) is 14.6. The molecule has 0 heterocycles. The molecule has 24 heavy (non-hydrogen) atoms. The van der Waals surface area contributed by atoms with Crippen LogP contribution in [-0.4, -0.2) is 12.5 Å². The Morgan fingerprint density at radius 1 is 1.25 bits per heavy atom. The van der Waals surface area contributed by atoms with Crippen molar-refractivity contribution in [2.45, 2.75) is 45.6 Å². The molecule has 0 aliphatic heterocycles. The lowest BCUT2D eigenvalue weighted by Gasteiger charge is -2.17. The predicted octanol–water partition coefficient (Wildman–Crippen LogP) is 4.30. The van der Waals surface area contributed by atoms with Crippen LogP contribution in [0.3, 0.4) is 0 Å². The number of hydrogen-bond acceptors (Lipinski definition) is 2. The summed E-state index contributed by atoms with van der Waals surface area (Å²) in [5.41, 5.74) is 4.85. The summed E-state index contributed by atoms with van der Waals surface area (Å²) < 4.78 is 5.83. The summed E-state index contributed by atoms with van der Waals surface area (Å²) in [6, 6.07) is 14.6. The van der Waals surface area contributed by atoms with E-state index in [0.29, 0.717) is 5.92 Å². The molecule has 126 valence electrons. The normalized spacial score (nSPS) is 16.1. The van der Waals surface area contributed by atoms with Gasteiger partial charge in [0.05, 0.1) is 6.04 Å². The van der Waals surface area contributed by atoms with Gasteiger partial charge in [-0.15, -0.1) is 0 Å². The van der Waals surface area contributed by atoms with Gasteiger partial charge in [0, 0.05) is 0 Å². The summed E-state index contributed by atoms with van der Waals surface area (Å²) in [4.78, 5) is 12.3. The second-order valence-electron chi connectivity index (χ2n) is 6.84. The van der Waals surface area contributed by atoms with Gasteiger partial charge >= 0.3 is 0 Å². The van der Waals surface area contributed by atoms with E-state index in [-0.39, 0.29) is 18.6 Å². The molecule has 0 saturated heterocycles. The molecule has 1 atom stereocenters. The van der Waals surface area contributed by atoms with Crippen molar-refractivity contribution in [3.05, 3.63) is 64.7 Å². The number of hydrogen-bond donors (Lipinski definition) is 1. The van der Waals surface area contributed by atoms with Gasteiger partial charge in [-0.2, -0.15) is 0 Å². The van der Waals surface area contributed by atoms with E-state index in [9.17, 15) is 4.79 Å². The Hall–Kier alpha value is -2.29. The Kier molecular flexibility index (Phi) is 4.89. The fourth-order valence-electron chi connectivity index (χ4n) is 3.33. The summed E-state index contributed by atoms with van der Waals surface area (Å²) in [5, 5.41) is 3.10. The first-order chi connectivity index (χ1) is 11.5. The summed E-state index contributed by atoms with van der Waals surface area (Å²) in [6.07, 6.45) is 1.99.